The normalized spacial score (nSPS) is 10.5. The van der Waals surface area contributed by atoms with Crippen LogP contribution in [0, 0.1) is 6.92 Å². The molecular formula is C12H9ClN6S3. The van der Waals surface area contributed by atoms with Crippen LogP contribution < -0.4 is 10.6 Å². The van der Waals surface area contributed by atoms with Gasteiger partial charge >= 0.3 is 0 Å². The fourth-order valence-electron chi connectivity index (χ4n) is 1.56. The van der Waals surface area contributed by atoms with Crippen LogP contribution in [0.4, 0.5) is 10.1 Å². The number of anilines is 2. The molecule has 1 aromatic carbocycles. The van der Waals surface area contributed by atoms with Gasteiger partial charge in [0.15, 0.2) is 5.11 Å². The van der Waals surface area contributed by atoms with Crippen molar-refractivity contribution in [2.45, 2.75) is 6.92 Å². The zero-order chi connectivity index (χ0) is 15.5. The van der Waals surface area contributed by atoms with E-state index >= 15 is 0 Å². The van der Waals surface area contributed by atoms with Gasteiger partial charge in [0, 0.05) is 22.1 Å². The molecule has 0 radical (unpaired) electrons. The van der Waals surface area contributed by atoms with Crippen LogP contribution in [0.1, 0.15) is 5.69 Å². The van der Waals surface area contributed by atoms with Gasteiger partial charge in [-0.3, -0.25) is 0 Å². The first-order valence-electron chi connectivity index (χ1n) is 6.08. The summed E-state index contributed by atoms with van der Waals surface area (Å²) < 4.78 is 3.84. The molecule has 3 aromatic rings. The van der Waals surface area contributed by atoms with Crippen LogP contribution in [-0.2, 0) is 0 Å². The highest BCUT2D eigenvalue weighted by Gasteiger charge is 2.10. The van der Waals surface area contributed by atoms with E-state index in [1.165, 1.54) is 22.9 Å². The summed E-state index contributed by atoms with van der Waals surface area (Å²) in [6, 6.07) is 7.43. The van der Waals surface area contributed by atoms with E-state index < -0.39 is 0 Å². The van der Waals surface area contributed by atoms with E-state index in [0.717, 1.165) is 21.3 Å². The topological polar surface area (TPSA) is 75.6 Å². The molecule has 3 rings (SSSR count). The number of hydrogen-bond donors (Lipinski definition) is 2. The standard InChI is InChI=1S/C12H9ClN6S3/c1-6-9(22-19-16-6)14-11(20)15-12-18-17-10(21-12)7-2-4-8(13)5-3-7/h2-5H,1H3,(H2,14,15,18,20). The summed E-state index contributed by atoms with van der Waals surface area (Å²) in [5, 5.41) is 21.5. The number of nitrogens with zero attached hydrogens (tertiary/aromatic N) is 4. The van der Waals surface area contributed by atoms with Crippen molar-refractivity contribution in [3.05, 3.63) is 35.0 Å². The van der Waals surface area contributed by atoms with Gasteiger partial charge in [-0.15, -0.1) is 15.3 Å². The quantitative estimate of drug-likeness (QED) is 0.680. The van der Waals surface area contributed by atoms with Gasteiger partial charge in [0.1, 0.15) is 10.0 Å². The van der Waals surface area contributed by atoms with Crippen molar-refractivity contribution in [1.29, 1.82) is 0 Å². The van der Waals surface area contributed by atoms with Crippen LogP contribution in [-0.4, -0.2) is 24.9 Å². The average molecular weight is 369 g/mol. The molecule has 22 heavy (non-hydrogen) atoms. The van der Waals surface area contributed by atoms with Gasteiger partial charge in [0.05, 0.1) is 5.69 Å². The van der Waals surface area contributed by atoms with Crippen molar-refractivity contribution in [1.82, 2.24) is 19.8 Å². The number of nitrogens with one attached hydrogen (secondary N) is 2. The molecule has 10 heteroatoms. The van der Waals surface area contributed by atoms with Gasteiger partial charge in [0.25, 0.3) is 0 Å². The summed E-state index contributed by atoms with van der Waals surface area (Å²) in [6.07, 6.45) is 0. The van der Waals surface area contributed by atoms with E-state index in [1.54, 1.807) is 0 Å². The number of benzene rings is 1. The fraction of sp³-hybridized carbons (Fsp3) is 0.0833. The third kappa shape index (κ3) is 3.55. The molecule has 0 fully saturated rings. The SMILES string of the molecule is Cc1nnsc1NC(=S)Nc1nnc(-c2ccc(Cl)cc2)s1. The van der Waals surface area contributed by atoms with Crippen LogP contribution >= 0.6 is 46.7 Å². The molecule has 0 saturated carbocycles. The molecule has 0 aliphatic rings. The molecule has 6 nitrogen and oxygen atoms in total. The molecule has 0 spiro atoms. The molecule has 112 valence electrons. The second-order valence-electron chi connectivity index (χ2n) is 4.19. The number of aryl methyl sites for hydroxylation is 1. The maximum Gasteiger partial charge on any atom is 0.212 e. The minimum Gasteiger partial charge on any atom is -0.321 e. The highest BCUT2D eigenvalue weighted by atomic mass is 35.5. The Bertz CT molecular complexity index is 797. The third-order valence-electron chi connectivity index (χ3n) is 2.62. The Morgan fingerprint density at radius 2 is 1.91 bits per heavy atom. The predicted molar refractivity (Wildman–Crippen MR) is 94.8 cm³/mol. The number of halogens is 1. The lowest BCUT2D eigenvalue weighted by Gasteiger charge is -2.05. The Hall–Kier alpha value is -1.68. The largest absolute Gasteiger partial charge is 0.321 e. The van der Waals surface area contributed by atoms with E-state index in [2.05, 4.69) is 30.4 Å². The highest BCUT2D eigenvalue weighted by molar-refractivity contribution is 7.80. The maximum atomic E-state index is 5.87. The molecule has 0 saturated heterocycles. The van der Waals surface area contributed by atoms with Crippen molar-refractivity contribution >= 4 is 61.9 Å². The smallest absolute Gasteiger partial charge is 0.212 e. The highest BCUT2D eigenvalue weighted by Crippen LogP contribution is 2.27. The lowest BCUT2D eigenvalue weighted by molar-refractivity contribution is 1.09. The van der Waals surface area contributed by atoms with Crippen LogP contribution in [0.25, 0.3) is 10.6 Å². The summed E-state index contributed by atoms with van der Waals surface area (Å²) in [4.78, 5) is 0. The Morgan fingerprint density at radius 1 is 1.14 bits per heavy atom. The monoisotopic (exact) mass is 368 g/mol. The van der Waals surface area contributed by atoms with E-state index in [0.29, 0.717) is 15.3 Å². The Kier molecular flexibility index (Phi) is 4.57. The Labute approximate surface area is 144 Å². The molecule has 0 amide bonds. The molecule has 2 N–H and O–H groups in total. The number of aromatic nitrogens is 4. The summed E-state index contributed by atoms with van der Waals surface area (Å²) in [6.45, 7) is 1.86. The first kappa shape index (κ1) is 15.2. The predicted octanol–water partition coefficient (Wildman–Crippen LogP) is 3.83. The minimum absolute atomic E-state index is 0.424. The molecule has 0 bridgehead atoms. The van der Waals surface area contributed by atoms with Crippen molar-refractivity contribution in [2.75, 3.05) is 10.6 Å². The van der Waals surface area contributed by atoms with Crippen LogP contribution in [0.2, 0.25) is 5.02 Å². The summed E-state index contributed by atoms with van der Waals surface area (Å²) >= 11 is 13.8. The van der Waals surface area contributed by atoms with E-state index in [1.807, 2.05) is 31.2 Å². The first-order chi connectivity index (χ1) is 10.6. The van der Waals surface area contributed by atoms with Crippen molar-refractivity contribution in [2.24, 2.45) is 0 Å². The van der Waals surface area contributed by atoms with Crippen LogP contribution in [0.15, 0.2) is 24.3 Å². The Balaban J connectivity index is 1.68. The lowest BCUT2D eigenvalue weighted by Crippen LogP contribution is -2.18. The van der Waals surface area contributed by atoms with E-state index in [-0.39, 0.29) is 0 Å². The van der Waals surface area contributed by atoms with Crippen LogP contribution in [0.3, 0.4) is 0 Å². The lowest BCUT2D eigenvalue weighted by atomic mass is 10.2. The molecular weight excluding hydrogens is 360 g/mol. The average Bonchev–Trinajstić information content (AvgIpc) is 3.10. The van der Waals surface area contributed by atoms with Gasteiger partial charge < -0.3 is 10.6 Å². The first-order valence-corrected chi connectivity index (χ1v) is 8.46. The van der Waals surface area contributed by atoms with E-state index in [4.69, 9.17) is 23.8 Å². The van der Waals surface area contributed by atoms with Crippen molar-refractivity contribution in [3.8, 4) is 10.6 Å². The number of rotatable bonds is 3. The summed E-state index contributed by atoms with van der Waals surface area (Å²) in [7, 11) is 0. The molecule has 0 atom stereocenters. The molecule has 0 aliphatic carbocycles. The third-order valence-corrected chi connectivity index (χ3v) is 4.70. The van der Waals surface area contributed by atoms with Crippen molar-refractivity contribution < 1.29 is 0 Å². The number of hydrogen-bond acceptors (Lipinski definition) is 7. The second-order valence-corrected chi connectivity index (χ2v) is 6.76. The summed E-state index contributed by atoms with van der Waals surface area (Å²) in [5.41, 5.74) is 1.75. The van der Waals surface area contributed by atoms with Gasteiger partial charge in [-0.1, -0.05) is 39.6 Å². The Morgan fingerprint density at radius 3 is 2.59 bits per heavy atom. The number of thiocarbonyl (C=S) groups is 1. The fourth-order valence-corrected chi connectivity index (χ4v) is 3.33. The van der Waals surface area contributed by atoms with Crippen LogP contribution in [0.5, 0.6) is 0 Å². The summed E-state index contributed by atoms with van der Waals surface area (Å²) in [5.74, 6) is 0. The minimum atomic E-state index is 0.424. The van der Waals surface area contributed by atoms with Crippen molar-refractivity contribution in [3.63, 3.8) is 0 Å². The maximum absolute atomic E-state index is 5.87. The molecule has 0 unspecified atom stereocenters. The molecule has 2 heterocycles. The van der Waals surface area contributed by atoms with Gasteiger partial charge in [0.2, 0.25) is 5.13 Å². The van der Waals surface area contributed by atoms with Gasteiger partial charge in [-0.2, -0.15) is 0 Å². The molecule has 0 aliphatic heterocycles. The van der Waals surface area contributed by atoms with Gasteiger partial charge in [-0.05, 0) is 31.3 Å². The van der Waals surface area contributed by atoms with E-state index in [9.17, 15) is 0 Å². The molecule has 2 aromatic heterocycles. The second kappa shape index (κ2) is 6.61. The zero-order valence-corrected chi connectivity index (χ0v) is 14.4. The zero-order valence-electron chi connectivity index (χ0n) is 11.2. The van der Waals surface area contributed by atoms with Gasteiger partial charge in [-0.25, -0.2) is 0 Å².